The molecule has 1 heterocycles. The zero-order valence-electron chi connectivity index (χ0n) is 16.6. The molecule has 4 rings (SSSR count). The molecule has 0 saturated carbocycles. The van der Waals surface area contributed by atoms with Gasteiger partial charge in [-0.2, -0.15) is 0 Å². The predicted molar refractivity (Wildman–Crippen MR) is 115 cm³/mol. The highest BCUT2D eigenvalue weighted by Crippen LogP contribution is 2.38. The van der Waals surface area contributed by atoms with Crippen molar-refractivity contribution >= 4 is 15.9 Å². The SMILES string of the molecule is COc1cccc(F)c1-c1nc(Cc2ccccc2)oc1NS(=O)(=O)c1ccccc1. The third-order valence-electron chi connectivity index (χ3n) is 4.58. The highest BCUT2D eigenvalue weighted by molar-refractivity contribution is 7.92. The summed E-state index contributed by atoms with van der Waals surface area (Å²) in [6, 6.07) is 21.6. The van der Waals surface area contributed by atoms with Crippen LogP contribution in [-0.2, 0) is 16.4 Å². The van der Waals surface area contributed by atoms with Crippen LogP contribution in [0.4, 0.5) is 10.3 Å². The molecule has 0 unspecified atom stereocenters. The Morgan fingerprint density at radius 1 is 0.968 bits per heavy atom. The van der Waals surface area contributed by atoms with E-state index >= 15 is 0 Å². The summed E-state index contributed by atoms with van der Waals surface area (Å²) in [5.41, 5.74) is 0.937. The lowest BCUT2D eigenvalue weighted by molar-refractivity contribution is 0.413. The van der Waals surface area contributed by atoms with Crippen molar-refractivity contribution in [3.05, 3.63) is 96.1 Å². The lowest BCUT2D eigenvalue weighted by Gasteiger charge is -2.10. The van der Waals surface area contributed by atoms with Crippen molar-refractivity contribution < 1.29 is 22.0 Å². The van der Waals surface area contributed by atoms with Crippen LogP contribution in [0.1, 0.15) is 11.5 Å². The molecule has 0 aliphatic carbocycles. The van der Waals surface area contributed by atoms with Gasteiger partial charge in [0.2, 0.25) is 11.8 Å². The zero-order valence-corrected chi connectivity index (χ0v) is 17.4. The van der Waals surface area contributed by atoms with E-state index in [0.717, 1.165) is 5.56 Å². The first-order chi connectivity index (χ1) is 15.0. The van der Waals surface area contributed by atoms with Gasteiger partial charge in [0.05, 0.1) is 17.6 Å². The summed E-state index contributed by atoms with van der Waals surface area (Å²) < 4.78 is 53.9. The Kier molecular flexibility index (Phi) is 5.73. The quantitative estimate of drug-likeness (QED) is 0.445. The largest absolute Gasteiger partial charge is 0.496 e. The highest BCUT2D eigenvalue weighted by Gasteiger charge is 2.26. The number of benzene rings is 3. The molecule has 0 saturated heterocycles. The lowest BCUT2D eigenvalue weighted by Crippen LogP contribution is -2.13. The first-order valence-electron chi connectivity index (χ1n) is 9.42. The first kappa shape index (κ1) is 20.6. The standard InChI is InChI=1S/C23H19FN2O4S/c1-29-19-14-8-13-18(24)21(19)22-23(26-31(27,28)17-11-6-3-7-12-17)30-20(25-22)15-16-9-4-2-5-10-16/h2-14,26H,15H2,1H3. The lowest BCUT2D eigenvalue weighted by atomic mass is 10.1. The van der Waals surface area contributed by atoms with Gasteiger partial charge in [-0.05, 0) is 29.8 Å². The number of oxazole rings is 1. The summed E-state index contributed by atoms with van der Waals surface area (Å²) in [7, 11) is -2.58. The van der Waals surface area contributed by atoms with Gasteiger partial charge in [0.25, 0.3) is 10.0 Å². The van der Waals surface area contributed by atoms with E-state index in [9.17, 15) is 12.8 Å². The molecule has 0 aliphatic heterocycles. The summed E-state index contributed by atoms with van der Waals surface area (Å²) in [6.07, 6.45) is 0.303. The predicted octanol–water partition coefficient (Wildman–Crippen LogP) is 4.88. The fraction of sp³-hybridized carbons (Fsp3) is 0.0870. The molecule has 1 N–H and O–H groups in total. The van der Waals surface area contributed by atoms with Crippen LogP contribution < -0.4 is 9.46 Å². The second kappa shape index (κ2) is 8.61. The number of rotatable bonds is 7. The minimum absolute atomic E-state index is 0.0128. The molecule has 0 atom stereocenters. The Labute approximate surface area is 179 Å². The van der Waals surface area contributed by atoms with Crippen LogP contribution in [0.3, 0.4) is 0 Å². The molecule has 158 valence electrons. The zero-order chi connectivity index (χ0) is 21.8. The number of nitrogens with zero attached hydrogens (tertiary/aromatic N) is 1. The van der Waals surface area contributed by atoms with Gasteiger partial charge in [0.1, 0.15) is 17.3 Å². The number of halogens is 1. The Morgan fingerprint density at radius 2 is 1.65 bits per heavy atom. The number of hydrogen-bond donors (Lipinski definition) is 1. The van der Waals surface area contributed by atoms with Crippen LogP contribution in [0.5, 0.6) is 5.75 Å². The van der Waals surface area contributed by atoms with E-state index in [1.54, 1.807) is 24.3 Å². The topological polar surface area (TPSA) is 81.4 Å². The third kappa shape index (κ3) is 4.44. The van der Waals surface area contributed by atoms with E-state index in [-0.39, 0.29) is 33.7 Å². The molecular weight excluding hydrogens is 419 g/mol. The maximum absolute atomic E-state index is 14.8. The van der Waals surface area contributed by atoms with Gasteiger partial charge in [0, 0.05) is 6.42 Å². The number of nitrogens with one attached hydrogen (secondary N) is 1. The number of sulfonamides is 1. The van der Waals surface area contributed by atoms with Crippen LogP contribution in [0.15, 0.2) is 88.2 Å². The molecule has 1 aromatic heterocycles. The monoisotopic (exact) mass is 438 g/mol. The summed E-state index contributed by atoms with van der Waals surface area (Å²) in [5, 5.41) is 0. The summed E-state index contributed by atoms with van der Waals surface area (Å²) in [5.74, 6) is -0.353. The highest BCUT2D eigenvalue weighted by atomic mass is 32.2. The fourth-order valence-electron chi connectivity index (χ4n) is 3.13. The van der Waals surface area contributed by atoms with Crippen LogP contribution >= 0.6 is 0 Å². The molecular formula is C23H19FN2O4S. The van der Waals surface area contributed by atoms with Crippen molar-refractivity contribution in [3.63, 3.8) is 0 Å². The van der Waals surface area contributed by atoms with Gasteiger partial charge in [-0.15, -0.1) is 0 Å². The van der Waals surface area contributed by atoms with Gasteiger partial charge < -0.3 is 9.15 Å². The molecule has 0 radical (unpaired) electrons. The van der Waals surface area contributed by atoms with E-state index in [0.29, 0.717) is 6.42 Å². The van der Waals surface area contributed by atoms with E-state index in [1.165, 1.54) is 31.4 Å². The summed E-state index contributed by atoms with van der Waals surface area (Å²) in [4.78, 5) is 4.45. The summed E-state index contributed by atoms with van der Waals surface area (Å²) in [6.45, 7) is 0. The number of anilines is 1. The Hall–Kier alpha value is -3.65. The van der Waals surface area contributed by atoms with Crippen molar-refractivity contribution in [1.29, 1.82) is 0 Å². The molecule has 0 bridgehead atoms. The van der Waals surface area contributed by atoms with E-state index in [1.807, 2.05) is 30.3 Å². The van der Waals surface area contributed by atoms with Gasteiger partial charge >= 0.3 is 0 Å². The molecule has 31 heavy (non-hydrogen) atoms. The molecule has 3 aromatic carbocycles. The van der Waals surface area contributed by atoms with Gasteiger partial charge in [-0.3, -0.25) is 0 Å². The minimum Gasteiger partial charge on any atom is -0.496 e. The van der Waals surface area contributed by atoms with E-state index in [2.05, 4.69) is 9.71 Å². The number of hydrogen-bond acceptors (Lipinski definition) is 5. The normalized spacial score (nSPS) is 11.3. The fourth-order valence-corrected chi connectivity index (χ4v) is 4.15. The molecule has 4 aromatic rings. The van der Waals surface area contributed by atoms with Crippen LogP contribution in [-0.4, -0.2) is 20.5 Å². The van der Waals surface area contributed by atoms with E-state index in [4.69, 9.17) is 9.15 Å². The van der Waals surface area contributed by atoms with Gasteiger partial charge in [-0.25, -0.2) is 22.5 Å². The number of ether oxygens (including phenoxy) is 1. The maximum Gasteiger partial charge on any atom is 0.264 e. The average molecular weight is 438 g/mol. The molecule has 0 spiro atoms. The van der Waals surface area contributed by atoms with Crippen molar-refractivity contribution in [1.82, 2.24) is 4.98 Å². The van der Waals surface area contributed by atoms with Crippen molar-refractivity contribution in [2.24, 2.45) is 0 Å². The van der Waals surface area contributed by atoms with Crippen molar-refractivity contribution in [2.75, 3.05) is 11.8 Å². The Bertz CT molecular complexity index is 1290. The maximum atomic E-state index is 14.8. The van der Waals surface area contributed by atoms with Gasteiger partial charge in [0.15, 0.2) is 0 Å². The van der Waals surface area contributed by atoms with Crippen LogP contribution in [0.25, 0.3) is 11.3 Å². The number of aromatic nitrogens is 1. The second-order valence-corrected chi connectivity index (χ2v) is 8.37. The van der Waals surface area contributed by atoms with Crippen LogP contribution in [0, 0.1) is 5.82 Å². The smallest absolute Gasteiger partial charge is 0.264 e. The summed E-state index contributed by atoms with van der Waals surface area (Å²) >= 11 is 0. The average Bonchev–Trinajstić information content (AvgIpc) is 3.15. The Morgan fingerprint density at radius 3 is 2.32 bits per heavy atom. The molecule has 0 aliphatic rings. The van der Waals surface area contributed by atoms with Crippen molar-refractivity contribution in [3.8, 4) is 17.0 Å². The second-order valence-electron chi connectivity index (χ2n) is 6.68. The minimum atomic E-state index is -3.98. The molecule has 6 nitrogen and oxygen atoms in total. The molecule has 8 heteroatoms. The van der Waals surface area contributed by atoms with Gasteiger partial charge in [-0.1, -0.05) is 54.6 Å². The third-order valence-corrected chi connectivity index (χ3v) is 5.93. The number of methoxy groups -OCH3 is 1. The van der Waals surface area contributed by atoms with Crippen molar-refractivity contribution in [2.45, 2.75) is 11.3 Å². The molecule has 0 fully saturated rings. The molecule has 0 amide bonds. The van der Waals surface area contributed by atoms with E-state index < -0.39 is 15.8 Å². The first-order valence-corrected chi connectivity index (χ1v) is 10.9. The Balaban J connectivity index is 1.81. The van der Waals surface area contributed by atoms with Crippen LogP contribution in [0.2, 0.25) is 0 Å².